The van der Waals surface area contributed by atoms with E-state index in [1.165, 1.54) is 19.3 Å². The van der Waals surface area contributed by atoms with E-state index in [4.69, 9.17) is 0 Å². The molecule has 1 aromatic heterocycles. The second-order valence-electron chi connectivity index (χ2n) is 8.66. The molecule has 1 aliphatic heterocycles. The van der Waals surface area contributed by atoms with Crippen molar-refractivity contribution >= 4 is 23.0 Å². The molecule has 1 aromatic carbocycles. The van der Waals surface area contributed by atoms with E-state index in [1.807, 2.05) is 36.1 Å². The Kier molecular flexibility index (Phi) is 6.55. The number of piperidine rings is 1. The molecule has 1 saturated carbocycles. The van der Waals surface area contributed by atoms with Gasteiger partial charge in [0.25, 0.3) is 0 Å². The molecule has 0 spiro atoms. The minimum Gasteiger partial charge on any atom is -0.353 e. The smallest absolute Gasteiger partial charge is 0.317 e. The maximum atomic E-state index is 12.5. The van der Waals surface area contributed by atoms with Crippen molar-refractivity contribution in [3.63, 3.8) is 0 Å². The Labute approximate surface area is 178 Å². The average Bonchev–Trinajstić information content (AvgIpc) is 3.08. The molecular formula is C23H33N5O2. The molecule has 0 radical (unpaired) electrons. The third-order valence-corrected chi connectivity index (χ3v) is 6.49. The zero-order chi connectivity index (χ0) is 20.9. The van der Waals surface area contributed by atoms with Gasteiger partial charge in [-0.15, -0.1) is 0 Å². The van der Waals surface area contributed by atoms with Crippen molar-refractivity contribution in [1.29, 1.82) is 0 Å². The third-order valence-electron chi connectivity index (χ3n) is 6.49. The van der Waals surface area contributed by atoms with E-state index in [-0.39, 0.29) is 18.0 Å². The van der Waals surface area contributed by atoms with Crippen molar-refractivity contribution in [2.45, 2.75) is 76.9 Å². The summed E-state index contributed by atoms with van der Waals surface area (Å²) in [6.07, 6.45) is 7.99. The summed E-state index contributed by atoms with van der Waals surface area (Å²) in [5.74, 6) is 0.999. The molecule has 30 heavy (non-hydrogen) atoms. The zero-order valence-corrected chi connectivity index (χ0v) is 17.9. The molecule has 7 heteroatoms. The number of hydrogen-bond donors (Lipinski definition) is 2. The van der Waals surface area contributed by atoms with Gasteiger partial charge in [-0.2, -0.15) is 0 Å². The summed E-state index contributed by atoms with van der Waals surface area (Å²) in [4.78, 5) is 31.4. The van der Waals surface area contributed by atoms with E-state index in [1.54, 1.807) is 0 Å². The molecule has 0 unspecified atom stereocenters. The van der Waals surface area contributed by atoms with E-state index in [0.717, 1.165) is 42.5 Å². The standard InChI is InChI=1S/C23H33N5O2/c1-17-24-20-9-5-6-10-21(20)28(17)16-13-22(29)25-19-11-14-27(15-12-19)23(30)26-18-7-3-2-4-8-18/h5-6,9-10,18-19H,2-4,7-8,11-16H2,1H3,(H,25,29)(H,26,30). The van der Waals surface area contributed by atoms with Gasteiger partial charge >= 0.3 is 6.03 Å². The molecule has 1 aliphatic carbocycles. The number of urea groups is 1. The molecule has 2 aliphatic rings. The Morgan fingerprint density at radius 1 is 1.00 bits per heavy atom. The highest BCUT2D eigenvalue weighted by Gasteiger charge is 2.25. The van der Waals surface area contributed by atoms with Gasteiger partial charge in [0.1, 0.15) is 5.82 Å². The molecular weight excluding hydrogens is 378 g/mol. The quantitative estimate of drug-likeness (QED) is 0.792. The highest BCUT2D eigenvalue weighted by Crippen LogP contribution is 2.19. The Bertz CT molecular complexity index is 879. The maximum absolute atomic E-state index is 12.5. The lowest BCUT2D eigenvalue weighted by Gasteiger charge is -2.34. The Balaban J connectivity index is 1.20. The molecule has 2 aromatic rings. The highest BCUT2D eigenvalue weighted by atomic mass is 16.2. The summed E-state index contributed by atoms with van der Waals surface area (Å²) in [5, 5.41) is 6.35. The lowest BCUT2D eigenvalue weighted by Crippen LogP contribution is -2.51. The number of fused-ring (bicyclic) bond motifs is 1. The topological polar surface area (TPSA) is 79.3 Å². The van der Waals surface area contributed by atoms with Crippen molar-refractivity contribution in [1.82, 2.24) is 25.1 Å². The van der Waals surface area contributed by atoms with Crippen LogP contribution in [0.15, 0.2) is 24.3 Å². The summed E-state index contributed by atoms with van der Waals surface area (Å²) in [7, 11) is 0. The summed E-state index contributed by atoms with van der Waals surface area (Å²) in [6, 6.07) is 8.57. The van der Waals surface area contributed by atoms with Crippen molar-refractivity contribution in [2.24, 2.45) is 0 Å². The van der Waals surface area contributed by atoms with Gasteiger partial charge < -0.3 is 20.1 Å². The van der Waals surface area contributed by atoms with Crippen LogP contribution in [0.1, 0.15) is 57.2 Å². The lowest BCUT2D eigenvalue weighted by atomic mass is 9.95. The Morgan fingerprint density at radius 3 is 2.47 bits per heavy atom. The first-order chi connectivity index (χ1) is 14.6. The molecule has 7 nitrogen and oxygen atoms in total. The van der Waals surface area contributed by atoms with E-state index in [0.29, 0.717) is 32.1 Å². The minimum atomic E-state index is 0.0640. The van der Waals surface area contributed by atoms with Gasteiger partial charge in [-0.25, -0.2) is 9.78 Å². The van der Waals surface area contributed by atoms with Gasteiger partial charge in [0.05, 0.1) is 11.0 Å². The number of likely N-dealkylation sites (tertiary alicyclic amines) is 1. The van der Waals surface area contributed by atoms with Gasteiger partial charge in [-0.05, 0) is 44.7 Å². The zero-order valence-electron chi connectivity index (χ0n) is 17.9. The predicted molar refractivity (Wildman–Crippen MR) is 117 cm³/mol. The van der Waals surface area contributed by atoms with Gasteiger partial charge in [-0.1, -0.05) is 31.4 Å². The summed E-state index contributed by atoms with van der Waals surface area (Å²) >= 11 is 0. The van der Waals surface area contributed by atoms with Crippen LogP contribution >= 0.6 is 0 Å². The number of nitrogens with zero attached hydrogens (tertiary/aromatic N) is 3. The number of amides is 3. The SMILES string of the molecule is Cc1nc2ccccc2n1CCC(=O)NC1CCN(C(=O)NC2CCCCC2)CC1. The second-order valence-corrected chi connectivity index (χ2v) is 8.66. The van der Waals surface area contributed by atoms with Crippen molar-refractivity contribution < 1.29 is 9.59 Å². The fraction of sp³-hybridized carbons (Fsp3) is 0.609. The molecule has 2 N–H and O–H groups in total. The maximum Gasteiger partial charge on any atom is 0.317 e. The van der Waals surface area contributed by atoms with E-state index < -0.39 is 0 Å². The van der Waals surface area contributed by atoms with E-state index in [9.17, 15) is 9.59 Å². The third kappa shape index (κ3) is 4.94. The van der Waals surface area contributed by atoms with Crippen molar-refractivity contribution in [2.75, 3.05) is 13.1 Å². The van der Waals surface area contributed by atoms with Crippen LogP contribution < -0.4 is 10.6 Å². The van der Waals surface area contributed by atoms with Crippen molar-refractivity contribution in [3.05, 3.63) is 30.1 Å². The van der Waals surface area contributed by atoms with Crippen LogP contribution in [0.4, 0.5) is 4.79 Å². The van der Waals surface area contributed by atoms with E-state index in [2.05, 4.69) is 20.2 Å². The molecule has 1 saturated heterocycles. The number of hydrogen-bond acceptors (Lipinski definition) is 3. The Hall–Kier alpha value is -2.57. The average molecular weight is 412 g/mol. The van der Waals surface area contributed by atoms with Gasteiger partial charge in [0.2, 0.25) is 5.91 Å². The molecule has 2 fully saturated rings. The number of para-hydroxylation sites is 2. The van der Waals surface area contributed by atoms with Crippen LogP contribution in [0.3, 0.4) is 0 Å². The first kappa shape index (κ1) is 20.7. The molecule has 4 rings (SSSR count). The summed E-state index contributed by atoms with van der Waals surface area (Å²) in [5.41, 5.74) is 2.04. The molecule has 0 bridgehead atoms. The van der Waals surface area contributed by atoms with Crippen LogP contribution in [0.25, 0.3) is 11.0 Å². The van der Waals surface area contributed by atoms with Crippen LogP contribution in [-0.4, -0.2) is 51.6 Å². The van der Waals surface area contributed by atoms with Gasteiger partial charge in [0.15, 0.2) is 0 Å². The normalized spacial score (nSPS) is 18.5. The van der Waals surface area contributed by atoms with Crippen molar-refractivity contribution in [3.8, 4) is 0 Å². The van der Waals surface area contributed by atoms with Crippen LogP contribution in [-0.2, 0) is 11.3 Å². The predicted octanol–water partition coefficient (Wildman–Crippen LogP) is 3.36. The monoisotopic (exact) mass is 411 g/mol. The molecule has 3 amide bonds. The van der Waals surface area contributed by atoms with Gasteiger partial charge in [0, 0.05) is 38.1 Å². The largest absolute Gasteiger partial charge is 0.353 e. The minimum absolute atomic E-state index is 0.0640. The first-order valence-corrected chi connectivity index (χ1v) is 11.4. The lowest BCUT2D eigenvalue weighted by molar-refractivity contribution is -0.122. The number of aryl methyl sites for hydroxylation is 2. The van der Waals surface area contributed by atoms with Gasteiger partial charge in [-0.3, -0.25) is 4.79 Å². The highest BCUT2D eigenvalue weighted by molar-refractivity contribution is 5.78. The van der Waals surface area contributed by atoms with E-state index >= 15 is 0 Å². The number of benzene rings is 1. The van der Waals surface area contributed by atoms with Crippen LogP contribution in [0.2, 0.25) is 0 Å². The number of carbonyl (C=O) groups is 2. The summed E-state index contributed by atoms with van der Waals surface area (Å²) < 4.78 is 2.10. The number of nitrogens with one attached hydrogen (secondary N) is 2. The first-order valence-electron chi connectivity index (χ1n) is 11.4. The molecule has 2 heterocycles. The fourth-order valence-corrected chi connectivity index (χ4v) is 4.73. The number of carbonyl (C=O) groups excluding carboxylic acids is 2. The fourth-order valence-electron chi connectivity index (χ4n) is 4.73. The van der Waals surface area contributed by atoms with Crippen LogP contribution in [0.5, 0.6) is 0 Å². The van der Waals surface area contributed by atoms with Crippen LogP contribution in [0, 0.1) is 6.92 Å². The molecule has 162 valence electrons. The second kappa shape index (κ2) is 9.49. The molecule has 0 atom stereocenters. The summed E-state index contributed by atoms with van der Waals surface area (Å²) in [6.45, 7) is 4.01. The number of imidazole rings is 1. The number of aromatic nitrogens is 2. The number of rotatable bonds is 5. The Morgan fingerprint density at radius 2 is 1.70 bits per heavy atom.